The molecule has 4 aromatic rings. The molecule has 0 atom stereocenters. The van der Waals surface area contributed by atoms with Crippen LogP contribution in [0, 0.1) is 0 Å². The Labute approximate surface area is 267 Å². The van der Waals surface area contributed by atoms with Crippen LogP contribution in [0.3, 0.4) is 0 Å². The Bertz CT molecular complexity index is 2040. The van der Waals surface area contributed by atoms with Crippen molar-refractivity contribution in [2.24, 2.45) is 30.7 Å². The molecule has 1 aromatic heterocycles. The Kier molecular flexibility index (Phi) is 6.92. The lowest BCUT2D eigenvalue weighted by Crippen LogP contribution is -2.56. The van der Waals surface area contributed by atoms with Crippen molar-refractivity contribution >= 4 is 0 Å². The Morgan fingerprint density at radius 1 is 0.521 bits per heavy atom. The van der Waals surface area contributed by atoms with Crippen molar-refractivity contribution in [2.75, 3.05) is 0 Å². The highest BCUT2D eigenvalue weighted by atomic mass is 19.4. The number of ether oxygens (including phenoxy) is 3. The zero-order valence-electron chi connectivity index (χ0n) is 25.2. The highest BCUT2D eigenvalue weighted by Gasteiger charge is 2.65. The van der Waals surface area contributed by atoms with Gasteiger partial charge in [-0.05, 0) is 50.2 Å². The molecule has 3 aliphatic heterocycles. The fourth-order valence-corrected chi connectivity index (χ4v) is 4.77. The van der Waals surface area contributed by atoms with Gasteiger partial charge in [-0.2, -0.15) is 33.6 Å². The van der Waals surface area contributed by atoms with Gasteiger partial charge in [0.15, 0.2) is 20.2 Å². The Morgan fingerprint density at radius 3 is 1.06 bits per heavy atom. The van der Waals surface area contributed by atoms with Crippen LogP contribution in [0.15, 0.2) is 118 Å². The van der Waals surface area contributed by atoms with Crippen molar-refractivity contribution in [3.05, 3.63) is 121 Å². The Balaban J connectivity index is 1.13. The number of alkyl halides is 3. The van der Waals surface area contributed by atoms with Crippen molar-refractivity contribution in [1.82, 2.24) is 13.7 Å². The van der Waals surface area contributed by atoms with E-state index in [1.54, 1.807) is 48.5 Å². The maximum atomic E-state index is 13.4. The van der Waals surface area contributed by atoms with E-state index in [0.29, 0.717) is 25.2 Å². The van der Waals surface area contributed by atoms with Gasteiger partial charge in [-0.1, -0.05) is 36.4 Å². The Morgan fingerprint density at radius 2 is 0.812 bits per heavy atom. The van der Waals surface area contributed by atoms with E-state index in [1.807, 2.05) is 13.8 Å². The summed E-state index contributed by atoms with van der Waals surface area (Å²) in [7, 11) is 0. The minimum atomic E-state index is -4.71. The monoisotopic (exact) mass is 663 g/mol. The third kappa shape index (κ3) is 5.54. The van der Waals surface area contributed by atoms with Crippen molar-refractivity contribution < 1.29 is 27.4 Å². The quantitative estimate of drug-likeness (QED) is 0.212. The molecule has 18 heteroatoms. The first-order valence-electron chi connectivity index (χ1n) is 14.4. The van der Waals surface area contributed by atoms with Gasteiger partial charge in [-0.25, -0.2) is 28.1 Å². The molecule has 3 aromatic carbocycles. The van der Waals surface area contributed by atoms with Gasteiger partial charge in [0.1, 0.15) is 17.2 Å². The number of benzene rings is 3. The average molecular weight is 664 g/mol. The second kappa shape index (κ2) is 10.8. The first kappa shape index (κ1) is 30.7. The first-order valence-corrected chi connectivity index (χ1v) is 14.4. The van der Waals surface area contributed by atoms with Gasteiger partial charge in [0.25, 0.3) is 0 Å². The van der Waals surface area contributed by atoms with E-state index < -0.39 is 60.4 Å². The summed E-state index contributed by atoms with van der Waals surface area (Å²) >= 11 is 0. The van der Waals surface area contributed by atoms with Crippen LogP contribution in [0.4, 0.5) is 13.2 Å². The van der Waals surface area contributed by atoms with Crippen LogP contribution in [0.25, 0.3) is 0 Å². The zero-order chi connectivity index (χ0) is 33.9. The van der Waals surface area contributed by atoms with Crippen LogP contribution in [0.2, 0.25) is 0 Å². The maximum absolute atomic E-state index is 13.4. The van der Waals surface area contributed by atoms with E-state index in [4.69, 9.17) is 14.2 Å². The molecule has 3 aliphatic rings. The lowest BCUT2D eigenvalue weighted by Gasteiger charge is -2.17. The van der Waals surface area contributed by atoms with Crippen LogP contribution in [0.1, 0.15) is 30.5 Å². The lowest BCUT2D eigenvalue weighted by molar-refractivity contribution is -0.166. The third-order valence-corrected chi connectivity index (χ3v) is 8.02. The van der Waals surface area contributed by atoms with E-state index in [-0.39, 0.29) is 11.3 Å². The van der Waals surface area contributed by atoms with E-state index >= 15 is 0 Å². The van der Waals surface area contributed by atoms with Crippen LogP contribution in [-0.4, -0.2) is 19.9 Å². The van der Waals surface area contributed by atoms with Gasteiger partial charge < -0.3 is 14.2 Å². The maximum Gasteiger partial charge on any atom is 0.442 e. The number of nitrogens with zero attached hydrogens (tertiary/aromatic N) is 9. The molecule has 0 spiro atoms. The molecule has 0 saturated carbocycles. The standard InChI is InChI=1S/C30H24F3N9O6/c1-27(34-35-27)18-3-9-21(10-4-18)46-15-40-24(43)41(16-47-22-11-5-19(6-12-22)28(2)36-37-28)26(45)42(25(40)44)17-48-23-13-7-20(8-14-23)29(38-39-29)30(31,32)33/h3-14H,15-17H2,1-2H3. The van der Waals surface area contributed by atoms with Gasteiger partial charge in [-0.3, -0.25) is 0 Å². The summed E-state index contributed by atoms with van der Waals surface area (Å²) in [5, 5.41) is 22.2. The van der Waals surface area contributed by atoms with Crippen molar-refractivity contribution in [2.45, 2.75) is 57.2 Å². The number of hydrogen-bond donors (Lipinski definition) is 0. The van der Waals surface area contributed by atoms with E-state index in [9.17, 15) is 27.6 Å². The second-order valence-corrected chi connectivity index (χ2v) is 11.3. The van der Waals surface area contributed by atoms with E-state index in [0.717, 1.165) is 23.3 Å². The van der Waals surface area contributed by atoms with Crippen molar-refractivity contribution in [3.8, 4) is 17.2 Å². The molecule has 4 heterocycles. The van der Waals surface area contributed by atoms with E-state index in [1.165, 1.54) is 12.1 Å². The van der Waals surface area contributed by atoms with Crippen molar-refractivity contribution in [3.63, 3.8) is 0 Å². The summed E-state index contributed by atoms with van der Waals surface area (Å²) < 4.78 is 59.1. The summed E-state index contributed by atoms with van der Waals surface area (Å²) in [6.07, 6.45) is -4.71. The first-order chi connectivity index (χ1) is 22.8. The Hall–Kier alpha value is -5.94. The zero-order valence-corrected chi connectivity index (χ0v) is 25.2. The number of hydrogen-bond acceptors (Lipinski definition) is 12. The highest BCUT2D eigenvalue weighted by Crippen LogP contribution is 2.52. The van der Waals surface area contributed by atoms with Gasteiger partial charge in [0.2, 0.25) is 11.3 Å². The van der Waals surface area contributed by atoms with Gasteiger partial charge in [-0.15, -0.1) is 10.2 Å². The fourth-order valence-electron chi connectivity index (χ4n) is 4.77. The summed E-state index contributed by atoms with van der Waals surface area (Å²) in [5.74, 6) is 0.672. The predicted molar refractivity (Wildman–Crippen MR) is 157 cm³/mol. The molecule has 246 valence electrons. The molecule has 7 rings (SSSR count). The van der Waals surface area contributed by atoms with Crippen LogP contribution in [-0.2, 0) is 37.2 Å². The molecule has 0 saturated heterocycles. The normalized spacial score (nSPS) is 17.2. The fraction of sp³-hybridized carbons (Fsp3) is 0.300. The van der Waals surface area contributed by atoms with Gasteiger partial charge >= 0.3 is 28.9 Å². The lowest BCUT2D eigenvalue weighted by atomic mass is 10.0. The molecule has 0 bridgehead atoms. The minimum absolute atomic E-state index is 0.0330. The van der Waals surface area contributed by atoms with Crippen LogP contribution < -0.4 is 31.3 Å². The topological polar surface area (TPSA) is 168 Å². The molecule has 0 aliphatic carbocycles. The van der Waals surface area contributed by atoms with Crippen LogP contribution >= 0.6 is 0 Å². The number of aromatic nitrogens is 3. The molecule has 0 unspecified atom stereocenters. The SMILES string of the molecule is CC1(c2ccc(OCn3c(=O)n(COc4ccc(C5(C)N=N5)cc4)c(=O)n(COc4ccc(C5(C(F)(F)F)N=N5)cc4)c3=O)cc2)N=N1. The minimum Gasteiger partial charge on any atom is -0.472 e. The van der Waals surface area contributed by atoms with E-state index in [2.05, 4.69) is 30.7 Å². The molecule has 0 N–H and O–H groups in total. The molecule has 0 fully saturated rings. The largest absolute Gasteiger partial charge is 0.472 e. The van der Waals surface area contributed by atoms with Gasteiger partial charge in [0, 0.05) is 16.7 Å². The molecular formula is C30H24F3N9O6. The average Bonchev–Trinajstić information content (AvgIpc) is 3.96. The third-order valence-electron chi connectivity index (χ3n) is 8.02. The molecule has 48 heavy (non-hydrogen) atoms. The molecule has 0 radical (unpaired) electrons. The number of halogens is 3. The smallest absolute Gasteiger partial charge is 0.442 e. The summed E-state index contributed by atoms with van der Waals surface area (Å²) in [6.45, 7) is 1.81. The number of rotatable bonds is 12. The van der Waals surface area contributed by atoms with Crippen LogP contribution in [0.5, 0.6) is 17.2 Å². The molecule has 0 amide bonds. The highest BCUT2D eigenvalue weighted by molar-refractivity contribution is 5.36. The predicted octanol–water partition coefficient (Wildman–Crippen LogP) is 4.74. The molecule has 15 nitrogen and oxygen atoms in total. The van der Waals surface area contributed by atoms with Gasteiger partial charge in [0.05, 0.1) is 0 Å². The summed E-state index contributed by atoms with van der Waals surface area (Å²) in [6, 6.07) is 18.1. The summed E-state index contributed by atoms with van der Waals surface area (Å²) in [4.78, 5) is 40.3. The molecular weight excluding hydrogens is 639 g/mol. The van der Waals surface area contributed by atoms with Crippen molar-refractivity contribution in [1.29, 1.82) is 0 Å². The second-order valence-electron chi connectivity index (χ2n) is 11.3. The summed E-state index contributed by atoms with van der Waals surface area (Å²) in [5.41, 5.74) is -5.55.